The first-order valence-electron chi connectivity index (χ1n) is 6.89. The molecule has 0 fully saturated rings. The summed E-state index contributed by atoms with van der Waals surface area (Å²) >= 11 is 6.13. The number of nitrogens with two attached hydrogens (primary N) is 1. The average molecular weight is 329 g/mol. The Morgan fingerprint density at radius 2 is 2.00 bits per heavy atom. The Kier molecular flexibility index (Phi) is 4.08. The predicted molar refractivity (Wildman–Crippen MR) is 87.0 cm³/mol. The van der Waals surface area contributed by atoms with E-state index in [2.05, 4.69) is 15.0 Å². The smallest absolute Gasteiger partial charge is 0.338 e. The summed E-state index contributed by atoms with van der Waals surface area (Å²) in [5, 5.41) is 0.867. The van der Waals surface area contributed by atoms with Crippen molar-refractivity contribution in [1.82, 2.24) is 15.0 Å². The van der Waals surface area contributed by atoms with E-state index in [9.17, 15) is 4.79 Å². The van der Waals surface area contributed by atoms with Crippen molar-refractivity contribution in [3.8, 4) is 0 Å². The maximum atomic E-state index is 12.1. The SMILES string of the molecule is C[C@@H](OC(=O)c1ccccc1)c1cc2cnc(N)nc2c(Cl)n1. The number of nitrogen functional groups attached to an aromatic ring is 1. The molecule has 7 heteroatoms. The molecule has 3 aromatic rings. The molecule has 116 valence electrons. The lowest BCUT2D eigenvalue weighted by Gasteiger charge is -2.14. The molecule has 2 aromatic heterocycles. The van der Waals surface area contributed by atoms with Gasteiger partial charge >= 0.3 is 5.97 Å². The van der Waals surface area contributed by atoms with Gasteiger partial charge in [0.1, 0.15) is 11.6 Å². The van der Waals surface area contributed by atoms with Crippen molar-refractivity contribution < 1.29 is 9.53 Å². The van der Waals surface area contributed by atoms with Crippen LogP contribution in [-0.4, -0.2) is 20.9 Å². The fraction of sp³-hybridized carbons (Fsp3) is 0.125. The summed E-state index contributed by atoms with van der Waals surface area (Å²) in [5.74, 6) is -0.304. The van der Waals surface area contributed by atoms with E-state index in [0.717, 1.165) is 0 Å². The second kappa shape index (κ2) is 6.18. The molecule has 0 saturated heterocycles. The number of hydrogen-bond acceptors (Lipinski definition) is 6. The first-order valence-corrected chi connectivity index (χ1v) is 7.27. The number of ether oxygens (including phenoxy) is 1. The Labute approximate surface area is 137 Å². The molecule has 0 spiro atoms. The predicted octanol–water partition coefficient (Wildman–Crippen LogP) is 3.18. The van der Waals surface area contributed by atoms with Gasteiger partial charge < -0.3 is 10.5 Å². The largest absolute Gasteiger partial charge is 0.453 e. The number of benzene rings is 1. The second-order valence-corrected chi connectivity index (χ2v) is 5.28. The molecule has 23 heavy (non-hydrogen) atoms. The fourth-order valence-electron chi connectivity index (χ4n) is 2.11. The number of aromatic nitrogens is 3. The Hall–Kier alpha value is -2.73. The van der Waals surface area contributed by atoms with E-state index < -0.39 is 12.1 Å². The van der Waals surface area contributed by atoms with Crippen LogP contribution >= 0.6 is 11.6 Å². The zero-order valence-electron chi connectivity index (χ0n) is 12.2. The third-order valence-corrected chi connectivity index (χ3v) is 3.54. The molecule has 0 radical (unpaired) electrons. The molecular weight excluding hydrogens is 316 g/mol. The summed E-state index contributed by atoms with van der Waals surface area (Å²) in [5.41, 5.74) is 6.99. The van der Waals surface area contributed by atoms with Crippen LogP contribution in [0.5, 0.6) is 0 Å². The zero-order valence-corrected chi connectivity index (χ0v) is 13.0. The van der Waals surface area contributed by atoms with E-state index in [4.69, 9.17) is 22.1 Å². The average Bonchev–Trinajstić information content (AvgIpc) is 2.56. The minimum Gasteiger partial charge on any atom is -0.453 e. The van der Waals surface area contributed by atoms with Crippen molar-refractivity contribution in [2.75, 3.05) is 5.73 Å². The van der Waals surface area contributed by atoms with Crippen molar-refractivity contribution >= 4 is 34.4 Å². The number of hydrogen-bond donors (Lipinski definition) is 1. The van der Waals surface area contributed by atoms with Gasteiger partial charge in [-0.2, -0.15) is 0 Å². The maximum absolute atomic E-state index is 12.1. The highest BCUT2D eigenvalue weighted by molar-refractivity contribution is 6.33. The van der Waals surface area contributed by atoms with Crippen LogP contribution in [0.1, 0.15) is 29.1 Å². The summed E-state index contributed by atoms with van der Waals surface area (Å²) in [7, 11) is 0. The van der Waals surface area contributed by atoms with Gasteiger partial charge in [0.05, 0.1) is 11.3 Å². The fourth-order valence-corrected chi connectivity index (χ4v) is 2.35. The highest BCUT2D eigenvalue weighted by atomic mass is 35.5. The third-order valence-electron chi connectivity index (χ3n) is 3.27. The number of anilines is 1. The highest BCUT2D eigenvalue weighted by Gasteiger charge is 2.17. The molecule has 0 amide bonds. The van der Waals surface area contributed by atoms with Gasteiger partial charge in [-0.15, -0.1) is 0 Å². The number of pyridine rings is 1. The molecule has 3 rings (SSSR count). The lowest BCUT2D eigenvalue weighted by molar-refractivity contribution is 0.0329. The first-order chi connectivity index (χ1) is 11.0. The Bertz CT molecular complexity index is 871. The van der Waals surface area contributed by atoms with E-state index in [-0.39, 0.29) is 11.1 Å². The van der Waals surface area contributed by atoms with Gasteiger partial charge in [-0.1, -0.05) is 29.8 Å². The topological polar surface area (TPSA) is 91.0 Å². The minimum atomic E-state index is -0.567. The van der Waals surface area contributed by atoms with Crippen LogP contribution in [0.15, 0.2) is 42.6 Å². The number of esters is 1. The molecule has 6 nitrogen and oxygen atoms in total. The van der Waals surface area contributed by atoms with Gasteiger partial charge in [0.2, 0.25) is 5.95 Å². The van der Waals surface area contributed by atoms with Crippen molar-refractivity contribution in [2.24, 2.45) is 0 Å². The van der Waals surface area contributed by atoms with Crippen molar-refractivity contribution in [3.63, 3.8) is 0 Å². The highest BCUT2D eigenvalue weighted by Crippen LogP contribution is 2.25. The van der Waals surface area contributed by atoms with Gasteiger partial charge in [-0.3, -0.25) is 0 Å². The minimum absolute atomic E-state index is 0.123. The third kappa shape index (κ3) is 3.22. The van der Waals surface area contributed by atoms with Gasteiger partial charge in [-0.05, 0) is 25.1 Å². The molecule has 0 aliphatic heterocycles. The van der Waals surface area contributed by atoms with Gasteiger partial charge in [-0.25, -0.2) is 19.7 Å². The van der Waals surface area contributed by atoms with Crippen molar-refractivity contribution in [2.45, 2.75) is 13.0 Å². The molecule has 0 aliphatic carbocycles. The van der Waals surface area contributed by atoms with E-state index in [0.29, 0.717) is 22.2 Å². The number of carbonyl (C=O) groups excluding carboxylic acids is 1. The van der Waals surface area contributed by atoms with Crippen LogP contribution in [0.4, 0.5) is 5.95 Å². The van der Waals surface area contributed by atoms with Gasteiger partial charge in [0.15, 0.2) is 5.15 Å². The molecule has 1 atom stereocenters. The Morgan fingerprint density at radius 1 is 1.26 bits per heavy atom. The van der Waals surface area contributed by atoms with Crippen molar-refractivity contribution in [3.05, 3.63) is 59.0 Å². The maximum Gasteiger partial charge on any atom is 0.338 e. The second-order valence-electron chi connectivity index (χ2n) is 4.92. The molecule has 1 aromatic carbocycles. The number of fused-ring (bicyclic) bond motifs is 1. The quantitative estimate of drug-likeness (QED) is 0.586. The van der Waals surface area contributed by atoms with E-state index in [1.54, 1.807) is 43.5 Å². The Balaban J connectivity index is 1.88. The monoisotopic (exact) mass is 328 g/mol. The summed E-state index contributed by atoms with van der Waals surface area (Å²) in [6.07, 6.45) is 0.989. The summed E-state index contributed by atoms with van der Waals surface area (Å²) in [4.78, 5) is 24.3. The number of halogens is 1. The normalized spacial score (nSPS) is 12.1. The summed E-state index contributed by atoms with van der Waals surface area (Å²) < 4.78 is 5.42. The molecule has 0 saturated carbocycles. The zero-order chi connectivity index (χ0) is 16.4. The van der Waals surface area contributed by atoms with E-state index in [1.807, 2.05) is 6.07 Å². The van der Waals surface area contributed by atoms with Crippen LogP contribution < -0.4 is 5.73 Å². The Morgan fingerprint density at radius 3 is 2.74 bits per heavy atom. The van der Waals surface area contributed by atoms with Crippen LogP contribution in [0.2, 0.25) is 5.15 Å². The first kappa shape index (κ1) is 15.2. The van der Waals surface area contributed by atoms with Crippen LogP contribution in [0, 0.1) is 0 Å². The molecule has 2 heterocycles. The molecule has 2 N–H and O–H groups in total. The van der Waals surface area contributed by atoms with E-state index >= 15 is 0 Å². The van der Waals surface area contributed by atoms with Crippen LogP contribution in [0.25, 0.3) is 10.9 Å². The lowest BCUT2D eigenvalue weighted by atomic mass is 10.2. The lowest BCUT2D eigenvalue weighted by Crippen LogP contribution is -2.10. The molecular formula is C16H13ClN4O2. The number of nitrogens with zero attached hydrogens (tertiary/aromatic N) is 3. The van der Waals surface area contributed by atoms with Gasteiger partial charge in [0.25, 0.3) is 0 Å². The molecule has 0 aliphatic rings. The molecule has 0 unspecified atom stereocenters. The molecule has 0 bridgehead atoms. The van der Waals surface area contributed by atoms with Crippen molar-refractivity contribution in [1.29, 1.82) is 0 Å². The standard InChI is InChI=1S/C16H13ClN4O2/c1-9(23-15(22)10-5-3-2-4-6-10)12-7-11-8-19-16(18)21-13(11)14(17)20-12/h2-9H,1H3,(H2,18,19,21)/t9-/m1/s1. The number of carbonyl (C=O) groups is 1. The van der Waals surface area contributed by atoms with Crippen LogP contribution in [-0.2, 0) is 4.74 Å². The van der Waals surface area contributed by atoms with Crippen LogP contribution in [0.3, 0.4) is 0 Å². The summed E-state index contributed by atoms with van der Waals surface area (Å²) in [6.45, 7) is 1.73. The van der Waals surface area contributed by atoms with Gasteiger partial charge in [0, 0.05) is 11.6 Å². The summed E-state index contributed by atoms with van der Waals surface area (Å²) in [6, 6.07) is 10.5. The van der Waals surface area contributed by atoms with E-state index in [1.165, 1.54) is 0 Å². The number of rotatable bonds is 3.